The predicted molar refractivity (Wildman–Crippen MR) is 98.4 cm³/mol. The van der Waals surface area contributed by atoms with Gasteiger partial charge in [-0.05, 0) is 62.9 Å². The first-order chi connectivity index (χ1) is 12.0. The van der Waals surface area contributed by atoms with Crippen LogP contribution in [0.3, 0.4) is 0 Å². The number of nitrogens with zero attached hydrogens (tertiary/aromatic N) is 3. The monoisotopic (exact) mass is 347 g/mol. The number of aromatic nitrogens is 3. The fourth-order valence-electron chi connectivity index (χ4n) is 4.20. The van der Waals surface area contributed by atoms with E-state index >= 15 is 0 Å². The van der Waals surface area contributed by atoms with Crippen molar-refractivity contribution in [2.75, 3.05) is 13.1 Å². The first-order valence-electron chi connectivity index (χ1n) is 9.93. The summed E-state index contributed by atoms with van der Waals surface area (Å²) in [5.41, 5.74) is 0.863. The van der Waals surface area contributed by atoms with Crippen LogP contribution in [0.1, 0.15) is 82.2 Å². The van der Waals surface area contributed by atoms with E-state index in [0.29, 0.717) is 17.2 Å². The van der Waals surface area contributed by atoms with Crippen molar-refractivity contribution < 1.29 is 4.79 Å². The second kappa shape index (κ2) is 7.85. The molecule has 0 aromatic carbocycles. The fourth-order valence-corrected chi connectivity index (χ4v) is 4.20. The summed E-state index contributed by atoms with van der Waals surface area (Å²) in [4.78, 5) is 12.5. The van der Waals surface area contributed by atoms with Gasteiger partial charge in [-0.15, -0.1) is 5.10 Å². The maximum absolute atomic E-state index is 12.5. The quantitative estimate of drug-likeness (QED) is 0.859. The molecule has 1 aromatic heterocycles. The number of amides is 1. The molecule has 3 rings (SSSR count). The maximum atomic E-state index is 12.5. The Balaban J connectivity index is 1.51. The number of carbonyl (C=O) groups is 1. The molecule has 1 aliphatic heterocycles. The van der Waals surface area contributed by atoms with Crippen LogP contribution in [0, 0.1) is 11.3 Å². The minimum Gasteiger partial charge on any atom is -0.348 e. The van der Waals surface area contributed by atoms with E-state index in [1.807, 2.05) is 10.9 Å². The molecule has 1 saturated carbocycles. The van der Waals surface area contributed by atoms with Gasteiger partial charge >= 0.3 is 0 Å². The van der Waals surface area contributed by atoms with Crippen molar-refractivity contribution in [2.24, 2.45) is 11.3 Å². The van der Waals surface area contributed by atoms with Gasteiger partial charge in [-0.2, -0.15) is 0 Å². The van der Waals surface area contributed by atoms with Crippen LogP contribution in [0.25, 0.3) is 0 Å². The van der Waals surface area contributed by atoms with E-state index in [-0.39, 0.29) is 11.9 Å². The van der Waals surface area contributed by atoms with Crippen LogP contribution in [0.15, 0.2) is 6.20 Å². The van der Waals surface area contributed by atoms with Crippen molar-refractivity contribution in [3.05, 3.63) is 11.9 Å². The van der Waals surface area contributed by atoms with Crippen LogP contribution in [0.4, 0.5) is 0 Å². The Bertz CT molecular complexity index is 568. The minimum absolute atomic E-state index is 0.0709. The molecule has 1 amide bonds. The first kappa shape index (κ1) is 18.4. The lowest BCUT2D eigenvalue weighted by Crippen LogP contribution is -2.40. The first-order valence-corrected chi connectivity index (χ1v) is 9.93. The maximum Gasteiger partial charge on any atom is 0.273 e. The van der Waals surface area contributed by atoms with Gasteiger partial charge in [0.25, 0.3) is 5.91 Å². The average Bonchev–Trinajstić information content (AvgIpc) is 3.13. The SMILES string of the molecule is CCC(C)(C)C1CCC(NC(=O)c2cn(C3CCNCC3)nn2)CC1. The van der Waals surface area contributed by atoms with Crippen molar-refractivity contribution in [2.45, 2.75) is 77.8 Å². The van der Waals surface area contributed by atoms with Gasteiger partial charge in [0.15, 0.2) is 5.69 Å². The van der Waals surface area contributed by atoms with Gasteiger partial charge in [0, 0.05) is 6.04 Å². The highest BCUT2D eigenvalue weighted by atomic mass is 16.2. The van der Waals surface area contributed by atoms with Gasteiger partial charge in [0.2, 0.25) is 0 Å². The van der Waals surface area contributed by atoms with Crippen LogP contribution in [-0.2, 0) is 0 Å². The lowest BCUT2D eigenvalue weighted by Gasteiger charge is -2.39. The van der Waals surface area contributed by atoms with Crippen LogP contribution in [0.2, 0.25) is 0 Å². The van der Waals surface area contributed by atoms with Gasteiger partial charge in [0.05, 0.1) is 12.2 Å². The number of nitrogens with one attached hydrogen (secondary N) is 2. The molecule has 140 valence electrons. The smallest absolute Gasteiger partial charge is 0.273 e. The zero-order valence-corrected chi connectivity index (χ0v) is 15.9. The Labute approximate surface area is 151 Å². The molecular formula is C19H33N5O. The molecule has 0 unspecified atom stereocenters. The van der Waals surface area contributed by atoms with Gasteiger partial charge < -0.3 is 10.6 Å². The van der Waals surface area contributed by atoms with E-state index in [0.717, 1.165) is 44.7 Å². The van der Waals surface area contributed by atoms with E-state index in [1.165, 1.54) is 19.3 Å². The molecule has 0 bridgehead atoms. The largest absolute Gasteiger partial charge is 0.348 e. The normalized spacial score (nSPS) is 25.7. The summed E-state index contributed by atoms with van der Waals surface area (Å²) in [7, 11) is 0. The summed E-state index contributed by atoms with van der Waals surface area (Å²) >= 11 is 0. The van der Waals surface area contributed by atoms with Crippen molar-refractivity contribution in [1.82, 2.24) is 25.6 Å². The molecule has 2 heterocycles. The number of hydrogen-bond donors (Lipinski definition) is 2. The second-order valence-electron chi connectivity index (χ2n) is 8.43. The number of carbonyl (C=O) groups excluding carboxylic acids is 1. The summed E-state index contributed by atoms with van der Waals surface area (Å²) in [5, 5.41) is 14.8. The third kappa shape index (κ3) is 4.40. The topological polar surface area (TPSA) is 71.8 Å². The highest BCUT2D eigenvalue weighted by molar-refractivity contribution is 5.92. The Hall–Kier alpha value is -1.43. The summed E-state index contributed by atoms with van der Waals surface area (Å²) in [5.74, 6) is 0.699. The molecule has 25 heavy (non-hydrogen) atoms. The molecular weight excluding hydrogens is 314 g/mol. The van der Waals surface area contributed by atoms with E-state index in [2.05, 4.69) is 41.7 Å². The third-order valence-electron chi connectivity index (χ3n) is 6.50. The van der Waals surface area contributed by atoms with Crippen LogP contribution in [0.5, 0.6) is 0 Å². The van der Waals surface area contributed by atoms with Crippen molar-refractivity contribution >= 4 is 5.91 Å². The van der Waals surface area contributed by atoms with E-state index in [9.17, 15) is 4.79 Å². The Morgan fingerprint density at radius 1 is 1.24 bits per heavy atom. The number of piperidine rings is 1. The highest BCUT2D eigenvalue weighted by Gasteiger charge is 2.32. The molecule has 6 heteroatoms. The summed E-state index contributed by atoms with van der Waals surface area (Å²) in [6.07, 6.45) is 9.67. The highest BCUT2D eigenvalue weighted by Crippen LogP contribution is 2.40. The second-order valence-corrected chi connectivity index (χ2v) is 8.43. The van der Waals surface area contributed by atoms with Crippen molar-refractivity contribution in [3.8, 4) is 0 Å². The molecule has 1 saturated heterocycles. The number of rotatable bonds is 5. The molecule has 2 N–H and O–H groups in total. The zero-order valence-electron chi connectivity index (χ0n) is 15.9. The molecule has 0 spiro atoms. The van der Waals surface area contributed by atoms with Gasteiger partial charge in [-0.3, -0.25) is 4.79 Å². The molecule has 6 nitrogen and oxygen atoms in total. The summed E-state index contributed by atoms with van der Waals surface area (Å²) < 4.78 is 1.87. The molecule has 1 aliphatic carbocycles. The zero-order chi connectivity index (χ0) is 17.9. The summed E-state index contributed by atoms with van der Waals surface area (Å²) in [6.45, 7) is 9.03. The van der Waals surface area contributed by atoms with Gasteiger partial charge in [0.1, 0.15) is 0 Å². The standard InChI is InChI=1S/C19H33N5O/c1-4-19(2,3)14-5-7-15(8-6-14)21-18(25)17-13-24(23-22-17)16-9-11-20-12-10-16/h13-16,20H,4-12H2,1-3H3,(H,21,25). The van der Waals surface area contributed by atoms with Gasteiger partial charge in [-0.1, -0.05) is 32.4 Å². The lowest BCUT2D eigenvalue weighted by atomic mass is 9.69. The molecule has 2 fully saturated rings. The minimum atomic E-state index is -0.0709. The Morgan fingerprint density at radius 2 is 1.92 bits per heavy atom. The average molecular weight is 348 g/mol. The molecule has 2 aliphatic rings. The van der Waals surface area contributed by atoms with E-state index in [4.69, 9.17) is 0 Å². The molecule has 1 aromatic rings. The molecule has 0 radical (unpaired) electrons. The fraction of sp³-hybridized carbons (Fsp3) is 0.842. The molecule has 0 atom stereocenters. The Kier molecular flexibility index (Phi) is 5.77. The third-order valence-corrected chi connectivity index (χ3v) is 6.50. The Morgan fingerprint density at radius 3 is 2.56 bits per heavy atom. The van der Waals surface area contributed by atoms with Crippen LogP contribution >= 0.6 is 0 Å². The lowest BCUT2D eigenvalue weighted by molar-refractivity contribution is 0.0888. The van der Waals surface area contributed by atoms with E-state index in [1.54, 1.807) is 0 Å². The van der Waals surface area contributed by atoms with Crippen molar-refractivity contribution in [3.63, 3.8) is 0 Å². The van der Waals surface area contributed by atoms with Gasteiger partial charge in [-0.25, -0.2) is 4.68 Å². The van der Waals surface area contributed by atoms with E-state index < -0.39 is 0 Å². The van der Waals surface area contributed by atoms with Crippen LogP contribution in [-0.4, -0.2) is 40.0 Å². The summed E-state index contributed by atoms with van der Waals surface area (Å²) in [6, 6.07) is 0.641. The predicted octanol–water partition coefficient (Wildman–Crippen LogP) is 2.93. The van der Waals surface area contributed by atoms with Crippen molar-refractivity contribution in [1.29, 1.82) is 0 Å². The number of hydrogen-bond acceptors (Lipinski definition) is 4. The van der Waals surface area contributed by atoms with Crippen LogP contribution < -0.4 is 10.6 Å².